The zero-order valence-electron chi connectivity index (χ0n) is 14.6. The van der Waals surface area contributed by atoms with E-state index in [1.807, 2.05) is 62.4 Å². The van der Waals surface area contributed by atoms with Crippen LogP contribution in [0.3, 0.4) is 0 Å². The van der Waals surface area contributed by atoms with E-state index in [9.17, 15) is 5.26 Å². The van der Waals surface area contributed by atoms with Crippen LogP contribution in [-0.2, 0) is 0 Å². The van der Waals surface area contributed by atoms with Crippen molar-refractivity contribution in [2.75, 3.05) is 13.2 Å². The molecule has 0 spiro atoms. The minimum absolute atomic E-state index is 0.554. The molecule has 3 aromatic rings. The Bertz CT molecular complexity index is 940. The summed E-state index contributed by atoms with van der Waals surface area (Å²) in [5.74, 6) is 1.40. The summed E-state index contributed by atoms with van der Waals surface area (Å²) < 4.78 is 13.2. The highest BCUT2D eigenvalue weighted by Gasteiger charge is 2.09. The van der Waals surface area contributed by atoms with E-state index in [1.54, 1.807) is 11.3 Å². The maximum absolute atomic E-state index is 9.52. The number of fused-ring (bicyclic) bond motifs is 1. The van der Waals surface area contributed by atoms with E-state index in [1.165, 1.54) is 11.8 Å². The van der Waals surface area contributed by atoms with Crippen molar-refractivity contribution in [3.8, 4) is 17.6 Å². The Morgan fingerprint density at radius 2 is 1.92 bits per heavy atom. The summed E-state index contributed by atoms with van der Waals surface area (Å²) in [7, 11) is 0. The van der Waals surface area contributed by atoms with E-state index in [-0.39, 0.29) is 0 Å². The molecular formula is C20H18N2O2S2. The van der Waals surface area contributed by atoms with Gasteiger partial charge in [-0.1, -0.05) is 18.2 Å². The van der Waals surface area contributed by atoms with Crippen molar-refractivity contribution >= 4 is 39.4 Å². The number of nitrogens with zero attached hydrogens (tertiary/aromatic N) is 2. The molecule has 132 valence electrons. The van der Waals surface area contributed by atoms with Crippen LogP contribution in [-0.4, -0.2) is 18.2 Å². The molecule has 0 saturated carbocycles. The largest absolute Gasteiger partial charge is 0.490 e. The highest BCUT2D eigenvalue weighted by Crippen LogP contribution is 2.35. The van der Waals surface area contributed by atoms with Crippen molar-refractivity contribution in [2.45, 2.75) is 18.2 Å². The van der Waals surface area contributed by atoms with Gasteiger partial charge in [0.2, 0.25) is 0 Å². The van der Waals surface area contributed by atoms with E-state index in [4.69, 9.17) is 9.47 Å². The van der Waals surface area contributed by atoms with E-state index < -0.39 is 0 Å². The first kappa shape index (κ1) is 18.3. The second-order valence-electron chi connectivity index (χ2n) is 5.24. The molecule has 0 aliphatic carbocycles. The van der Waals surface area contributed by atoms with E-state index >= 15 is 0 Å². The summed E-state index contributed by atoms with van der Waals surface area (Å²) in [5.41, 5.74) is 1.85. The van der Waals surface area contributed by atoms with Gasteiger partial charge in [-0.2, -0.15) is 5.26 Å². The number of hydrogen-bond acceptors (Lipinski definition) is 6. The molecule has 1 aromatic heterocycles. The van der Waals surface area contributed by atoms with Gasteiger partial charge in [0.1, 0.15) is 6.07 Å². The Morgan fingerprint density at radius 3 is 2.65 bits per heavy atom. The average Bonchev–Trinajstić information content (AvgIpc) is 3.06. The fourth-order valence-electron chi connectivity index (χ4n) is 2.38. The van der Waals surface area contributed by atoms with Gasteiger partial charge in [-0.05, 0) is 61.5 Å². The molecule has 1 heterocycles. The van der Waals surface area contributed by atoms with Gasteiger partial charge < -0.3 is 9.47 Å². The number of benzene rings is 2. The monoisotopic (exact) mass is 382 g/mol. The Morgan fingerprint density at radius 1 is 1.15 bits per heavy atom. The number of hydrogen-bond donors (Lipinski definition) is 0. The minimum Gasteiger partial charge on any atom is -0.490 e. The number of allylic oxidation sites excluding steroid dienone is 1. The summed E-state index contributed by atoms with van der Waals surface area (Å²) in [6, 6.07) is 15.9. The Labute approximate surface area is 161 Å². The van der Waals surface area contributed by atoms with Gasteiger partial charge in [-0.25, -0.2) is 4.98 Å². The molecule has 0 unspecified atom stereocenters. The minimum atomic E-state index is 0.554. The van der Waals surface area contributed by atoms with Crippen molar-refractivity contribution in [2.24, 2.45) is 0 Å². The van der Waals surface area contributed by atoms with Crippen LogP contribution in [0.15, 0.2) is 51.7 Å². The van der Waals surface area contributed by atoms with Crippen molar-refractivity contribution < 1.29 is 9.47 Å². The third-order valence-corrected chi connectivity index (χ3v) is 5.47. The summed E-state index contributed by atoms with van der Waals surface area (Å²) >= 11 is 2.97. The zero-order chi connectivity index (χ0) is 18.4. The van der Waals surface area contributed by atoms with Gasteiger partial charge in [0, 0.05) is 0 Å². The fraction of sp³-hybridized carbons (Fsp3) is 0.200. The lowest BCUT2D eigenvalue weighted by atomic mass is 10.2. The fourth-order valence-corrected chi connectivity index (χ4v) is 4.36. The molecule has 0 aliphatic rings. The van der Waals surface area contributed by atoms with Crippen LogP contribution < -0.4 is 9.47 Å². The Balaban J connectivity index is 1.86. The molecule has 4 nitrogen and oxygen atoms in total. The van der Waals surface area contributed by atoms with Gasteiger partial charge in [0.15, 0.2) is 15.8 Å². The molecule has 0 bridgehead atoms. The smallest absolute Gasteiger partial charge is 0.161 e. The van der Waals surface area contributed by atoms with Crippen molar-refractivity contribution in [3.63, 3.8) is 0 Å². The normalized spacial score (nSPS) is 11.3. The number of aromatic nitrogens is 1. The van der Waals surface area contributed by atoms with Crippen LogP contribution in [0.25, 0.3) is 16.3 Å². The highest BCUT2D eigenvalue weighted by molar-refractivity contribution is 8.05. The van der Waals surface area contributed by atoms with Gasteiger partial charge >= 0.3 is 0 Å². The molecular weight excluding hydrogens is 364 g/mol. The van der Waals surface area contributed by atoms with Crippen molar-refractivity contribution in [3.05, 3.63) is 52.9 Å². The first-order valence-corrected chi connectivity index (χ1v) is 9.91. The quantitative estimate of drug-likeness (QED) is 0.385. The lowest BCUT2D eigenvalue weighted by Gasteiger charge is -2.11. The number of para-hydroxylation sites is 1. The number of thioether (sulfide) groups is 1. The van der Waals surface area contributed by atoms with Crippen molar-refractivity contribution in [1.29, 1.82) is 5.26 Å². The number of rotatable bonds is 7. The van der Waals surface area contributed by atoms with Gasteiger partial charge in [0.05, 0.1) is 28.3 Å². The SMILES string of the molecule is CCOc1ccc(/C=C(\C#N)Sc2nc3ccccc3s2)cc1OCC. The van der Waals surface area contributed by atoms with E-state index in [0.717, 1.165) is 20.1 Å². The summed E-state index contributed by atoms with van der Waals surface area (Å²) in [6.45, 7) is 5.00. The van der Waals surface area contributed by atoms with Crippen LogP contribution in [0.1, 0.15) is 19.4 Å². The van der Waals surface area contributed by atoms with E-state index in [0.29, 0.717) is 29.6 Å². The molecule has 0 atom stereocenters. The molecule has 6 heteroatoms. The van der Waals surface area contributed by atoms with Crippen molar-refractivity contribution in [1.82, 2.24) is 4.98 Å². The van der Waals surface area contributed by atoms with Gasteiger partial charge in [-0.3, -0.25) is 0 Å². The molecule has 3 rings (SSSR count). The molecule has 26 heavy (non-hydrogen) atoms. The lowest BCUT2D eigenvalue weighted by Crippen LogP contribution is -1.98. The second-order valence-corrected chi connectivity index (χ2v) is 7.56. The topological polar surface area (TPSA) is 55.1 Å². The summed E-state index contributed by atoms with van der Waals surface area (Å²) in [6.07, 6.45) is 1.84. The summed E-state index contributed by atoms with van der Waals surface area (Å²) in [5, 5.41) is 9.52. The van der Waals surface area contributed by atoms with Gasteiger partial charge in [0.25, 0.3) is 0 Å². The predicted octanol–water partition coefficient (Wildman–Crippen LogP) is 5.75. The maximum atomic E-state index is 9.52. The Kier molecular flexibility index (Phi) is 6.16. The highest BCUT2D eigenvalue weighted by atomic mass is 32.2. The molecule has 2 aromatic carbocycles. The molecule has 0 radical (unpaired) electrons. The maximum Gasteiger partial charge on any atom is 0.161 e. The van der Waals surface area contributed by atoms with Crippen LogP contribution in [0.5, 0.6) is 11.5 Å². The average molecular weight is 383 g/mol. The van der Waals surface area contributed by atoms with Crippen LogP contribution in [0, 0.1) is 11.3 Å². The molecule has 0 N–H and O–H groups in total. The summed E-state index contributed by atoms with van der Waals surface area (Å²) in [4.78, 5) is 5.15. The standard InChI is InChI=1S/C20H18N2O2S2/c1-3-23-17-10-9-14(12-18(17)24-4-2)11-15(13-21)25-20-22-16-7-5-6-8-19(16)26-20/h5-12H,3-4H2,1-2H3/b15-11+. The van der Waals surface area contributed by atoms with E-state index in [2.05, 4.69) is 11.1 Å². The second kappa shape index (κ2) is 8.75. The first-order valence-electron chi connectivity index (χ1n) is 8.28. The number of nitriles is 1. The first-order chi connectivity index (χ1) is 12.7. The van der Waals surface area contributed by atoms with Gasteiger partial charge in [-0.15, -0.1) is 11.3 Å². The predicted molar refractivity (Wildman–Crippen MR) is 108 cm³/mol. The molecule has 0 amide bonds. The molecule has 0 saturated heterocycles. The van der Waals surface area contributed by atoms with Crippen LogP contribution in [0.2, 0.25) is 0 Å². The van der Waals surface area contributed by atoms with Crippen LogP contribution in [0.4, 0.5) is 0 Å². The third-order valence-electron chi connectivity index (χ3n) is 3.45. The Hall–Kier alpha value is -2.49. The molecule has 0 fully saturated rings. The lowest BCUT2D eigenvalue weighted by molar-refractivity contribution is 0.287. The molecule has 0 aliphatic heterocycles. The zero-order valence-corrected chi connectivity index (χ0v) is 16.2. The van der Waals surface area contributed by atoms with Crippen LogP contribution >= 0.6 is 23.1 Å². The number of ether oxygens (including phenoxy) is 2. The third kappa shape index (κ3) is 4.37. The number of thiazole rings is 1.